The third-order valence-electron chi connectivity index (χ3n) is 2.77. The molecule has 1 aromatic heterocycles. The summed E-state index contributed by atoms with van der Waals surface area (Å²) in [7, 11) is 0. The number of thiazole rings is 1. The van der Waals surface area contributed by atoms with Gasteiger partial charge >= 0.3 is 0 Å². The van der Waals surface area contributed by atoms with Gasteiger partial charge in [-0.05, 0) is 36.6 Å². The molecule has 0 fully saturated rings. The molecule has 20 heavy (non-hydrogen) atoms. The summed E-state index contributed by atoms with van der Waals surface area (Å²) in [6.07, 6.45) is 2.01. The molecule has 0 aliphatic carbocycles. The highest BCUT2D eigenvalue weighted by molar-refractivity contribution is 7.98. The lowest BCUT2D eigenvalue weighted by atomic mass is 10.3. The van der Waals surface area contributed by atoms with E-state index in [1.165, 1.54) is 23.5 Å². The molecular formula is C14H10F2N2S2. The number of hydrogen-bond donors (Lipinski definition) is 1. The Morgan fingerprint density at radius 3 is 2.75 bits per heavy atom. The number of benzene rings is 2. The Hall–Kier alpha value is -1.66. The third-order valence-corrected chi connectivity index (χ3v) is 4.43. The van der Waals surface area contributed by atoms with Gasteiger partial charge in [-0.1, -0.05) is 11.3 Å². The van der Waals surface area contributed by atoms with Crippen molar-refractivity contribution < 1.29 is 8.78 Å². The van der Waals surface area contributed by atoms with E-state index in [1.54, 1.807) is 11.8 Å². The standard InChI is InChI=1S/C14H10F2N2S2/c1-19-9-3-5-12-13(7-9)20-14(18-12)17-11-4-2-8(15)6-10(11)16/h2-7H,1H3,(H,17,18). The number of nitrogens with zero attached hydrogens (tertiary/aromatic N) is 1. The Morgan fingerprint density at radius 1 is 1.15 bits per heavy atom. The van der Waals surface area contributed by atoms with Crippen LogP contribution in [-0.2, 0) is 0 Å². The molecule has 0 amide bonds. The number of hydrogen-bond acceptors (Lipinski definition) is 4. The summed E-state index contributed by atoms with van der Waals surface area (Å²) in [6.45, 7) is 0. The molecule has 3 rings (SSSR count). The lowest BCUT2D eigenvalue weighted by Crippen LogP contribution is -1.93. The van der Waals surface area contributed by atoms with Crippen molar-refractivity contribution in [2.75, 3.05) is 11.6 Å². The molecule has 2 aromatic carbocycles. The molecule has 3 aromatic rings. The van der Waals surface area contributed by atoms with E-state index in [4.69, 9.17) is 0 Å². The largest absolute Gasteiger partial charge is 0.329 e. The highest BCUT2D eigenvalue weighted by Gasteiger charge is 2.08. The summed E-state index contributed by atoms with van der Waals surface area (Å²) in [5.74, 6) is -1.23. The maximum atomic E-state index is 13.6. The molecule has 0 aliphatic rings. The van der Waals surface area contributed by atoms with Crippen LogP contribution in [0.3, 0.4) is 0 Å². The predicted molar refractivity (Wildman–Crippen MR) is 81.0 cm³/mol. The van der Waals surface area contributed by atoms with Crippen molar-refractivity contribution in [3.63, 3.8) is 0 Å². The number of fused-ring (bicyclic) bond motifs is 1. The molecule has 0 radical (unpaired) electrons. The lowest BCUT2D eigenvalue weighted by molar-refractivity contribution is 0.586. The number of rotatable bonds is 3. The zero-order valence-corrected chi connectivity index (χ0v) is 12.1. The van der Waals surface area contributed by atoms with Crippen molar-refractivity contribution in [3.8, 4) is 0 Å². The highest BCUT2D eigenvalue weighted by atomic mass is 32.2. The van der Waals surface area contributed by atoms with Gasteiger partial charge in [0.2, 0.25) is 0 Å². The summed E-state index contributed by atoms with van der Waals surface area (Å²) in [5, 5.41) is 3.47. The predicted octanol–water partition coefficient (Wildman–Crippen LogP) is 5.04. The SMILES string of the molecule is CSc1ccc2nc(Nc3ccc(F)cc3F)sc2c1. The summed E-state index contributed by atoms with van der Waals surface area (Å²) >= 11 is 3.10. The summed E-state index contributed by atoms with van der Waals surface area (Å²) in [5.41, 5.74) is 1.08. The van der Waals surface area contributed by atoms with Gasteiger partial charge in [-0.15, -0.1) is 11.8 Å². The maximum Gasteiger partial charge on any atom is 0.188 e. The van der Waals surface area contributed by atoms with Gasteiger partial charge in [0.1, 0.15) is 11.6 Å². The van der Waals surface area contributed by atoms with Crippen LogP contribution in [0.4, 0.5) is 19.6 Å². The van der Waals surface area contributed by atoms with Gasteiger partial charge in [0.15, 0.2) is 5.13 Å². The van der Waals surface area contributed by atoms with E-state index < -0.39 is 11.6 Å². The third kappa shape index (κ3) is 2.62. The molecule has 0 atom stereocenters. The molecule has 0 unspecified atom stereocenters. The molecule has 0 saturated carbocycles. The zero-order chi connectivity index (χ0) is 14.1. The van der Waals surface area contributed by atoms with Crippen molar-refractivity contribution in [2.45, 2.75) is 4.90 Å². The van der Waals surface area contributed by atoms with E-state index in [2.05, 4.69) is 10.3 Å². The Bertz CT molecular complexity index is 771. The van der Waals surface area contributed by atoms with Gasteiger partial charge in [0, 0.05) is 11.0 Å². The second-order valence-corrected chi connectivity index (χ2v) is 6.01. The maximum absolute atomic E-state index is 13.6. The molecule has 1 N–H and O–H groups in total. The fourth-order valence-corrected chi connectivity index (χ4v) is 3.22. The van der Waals surface area contributed by atoms with Gasteiger partial charge in [-0.3, -0.25) is 0 Å². The summed E-state index contributed by atoms with van der Waals surface area (Å²) in [6, 6.07) is 9.40. The first kappa shape index (κ1) is 13.3. The average molecular weight is 308 g/mol. The van der Waals surface area contributed by atoms with E-state index in [0.717, 1.165) is 21.2 Å². The van der Waals surface area contributed by atoms with Crippen molar-refractivity contribution in [2.24, 2.45) is 0 Å². The number of thioether (sulfide) groups is 1. The highest BCUT2D eigenvalue weighted by Crippen LogP contribution is 2.31. The minimum atomic E-state index is -0.631. The van der Waals surface area contributed by atoms with Gasteiger partial charge < -0.3 is 5.32 Å². The summed E-state index contributed by atoms with van der Waals surface area (Å²) < 4.78 is 27.5. The summed E-state index contributed by atoms with van der Waals surface area (Å²) in [4.78, 5) is 5.54. The minimum Gasteiger partial charge on any atom is -0.329 e. The first-order valence-electron chi connectivity index (χ1n) is 5.82. The second-order valence-electron chi connectivity index (χ2n) is 4.10. The van der Waals surface area contributed by atoms with Crippen LogP contribution in [0.2, 0.25) is 0 Å². The Kier molecular flexibility index (Phi) is 3.58. The van der Waals surface area contributed by atoms with E-state index >= 15 is 0 Å². The quantitative estimate of drug-likeness (QED) is 0.686. The molecule has 6 heteroatoms. The van der Waals surface area contributed by atoms with Gasteiger partial charge in [-0.2, -0.15) is 0 Å². The van der Waals surface area contributed by atoms with Crippen molar-refractivity contribution >= 4 is 44.1 Å². The van der Waals surface area contributed by atoms with Crippen LogP contribution in [-0.4, -0.2) is 11.2 Å². The molecule has 0 aliphatic heterocycles. The fourth-order valence-electron chi connectivity index (χ4n) is 1.79. The van der Waals surface area contributed by atoms with E-state index in [9.17, 15) is 8.78 Å². The molecule has 1 heterocycles. The molecule has 2 nitrogen and oxygen atoms in total. The first-order chi connectivity index (χ1) is 9.65. The van der Waals surface area contributed by atoms with Crippen LogP contribution >= 0.6 is 23.1 Å². The van der Waals surface area contributed by atoms with Crippen LogP contribution in [0.5, 0.6) is 0 Å². The van der Waals surface area contributed by atoms with Crippen LogP contribution in [0.1, 0.15) is 0 Å². The van der Waals surface area contributed by atoms with E-state index in [1.807, 2.05) is 24.5 Å². The number of nitrogens with one attached hydrogen (secondary N) is 1. The van der Waals surface area contributed by atoms with Gasteiger partial charge in [-0.25, -0.2) is 13.8 Å². The molecule has 0 spiro atoms. The Labute approximate surface area is 122 Å². The van der Waals surface area contributed by atoms with Gasteiger partial charge in [0.25, 0.3) is 0 Å². The van der Waals surface area contributed by atoms with Crippen LogP contribution in [0, 0.1) is 11.6 Å². The van der Waals surface area contributed by atoms with Crippen LogP contribution < -0.4 is 5.32 Å². The van der Waals surface area contributed by atoms with Crippen molar-refractivity contribution in [1.29, 1.82) is 0 Å². The topological polar surface area (TPSA) is 24.9 Å². The first-order valence-corrected chi connectivity index (χ1v) is 7.86. The minimum absolute atomic E-state index is 0.218. The monoisotopic (exact) mass is 308 g/mol. The lowest BCUT2D eigenvalue weighted by Gasteiger charge is -2.03. The fraction of sp³-hybridized carbons (Fsp3) is 0.0714. The smallest absolute Gasteiger partial charge is 0.188 e. The second kappa shape index (κ2) is 5.38. The molecule has 102 valence electrons. The number of aromatic nitrogens is 1. The molecule has 0 bridgehead atoms. The van der Waals surface area contributed by atoms with Crippen LogP contribution in [0.25, 0.3) is 10.2 Å². The average Bonchev–Trinajstić information content (AvgIpc) is 2.83. The van der Waals surface area contributed by atoms with E-state index in [0.29, 0.717) is 5.13 Å². The zero-order valence-electron chi connectivity index (χ0n) is 10.5. The van der Waals surface area contributed by atoms with Gasteiger partial charge in [0.05, 0.1) is 15.9 Å². The number of halogens is 2. The molecule has 0 saturated heterocycles. The Balaban J connectivity index is 1.94. The number of anilines is 2. The van der Waals surface area contributed by atoms with Crippen molar-refractivity contribution in [1.82, 2.24) is 4.98 Å². The van der Waals surface area contributed by atoms with E-state index in [-0.39, 0.29) is 5.69 Å². The van der Waals surface area contributed by atoms with Crippen molar-refractivity contribution in [3.05, 3.63) is 48.0 Å². The van der Waals surface area contributed by atoms with Crippen LogP contribution in [0.15, 0.2) is 41.3 Å². The normalized spacial score (nSPS) is 10.9. The molecular weight excluding hydrogens is 298 g/mol. The Morgan fingerprint density at radius 2 is 2.00 bits per heavy atom.